The molecule has 1 atom stereocenters. The molecule has 5 rings (SSSR count). The van der Waals surface area contributed by atoms with Gasteiger partial charge in [0.25, 0.3) is 5.91 Å². The number of benzene rings is 3. The van der Waals surface area contributed by atoms with Crippen LogP contribution in [0.2, 0.25) is 5.02 Å². The molecule has 2 heterocycles. The molecule has 1 aliphatic heterocycles. The van der Waals surface area contributed by atoms with Crippen molar-refractivity contribution >= 4 is 46.6 Å². The van der Waals surface area contributed by atoms with Crippen LogP contribution in [0.3, 0.4) is 0 Å². The van der Waals surface area contributed by atoms with Gasteiger partial charge in [0.05, 0.1) is 5.57 Å². The molecule has 1 unspecified atom stereocenters. The zero-order valence-corrected chi connectivity index (χ0v) is 22.3. The highest BCUT2D eigenvalue weighted by molar-refractivity contribution is 7.98. The molecule has 2 N–H and O–H groups in total. The number of nitrogens with one attached hydrogen (secondary N) is 2. The summed E-state index contributed by atoms with van der Waals surface area (Å²) in [6.07, 6.45) is 0. The van der Waals surface area contributed by atoms with E-state index in [0.717, 1.165) is 28.2 Å². The van der Waals surface area contributed by atoms with Gasteiger partial charge in [-0.2, -0.15) is 4.98 Å². The number of halogens is 1. The summed E-state index contributed by atoms with van der Waals surface area (Å²) < 4.78 is 1.80. The number of fused-ring (bicyclic) bond motifs is 1. The first-order valence-electron chi connectivity index (χ1n) is 11.8. The van der Waals surface area contributed by atoms with Crippen LogP contribution < -0.4 is 15.5 Å². The number of hydrogen-bond donors (Lipinski definition) is 2. The number of nitrogens with zero attached hydrogens (tertiary/aromatic N) is 4. The van der Waals surface area contributed by atoms with E-state index in [4.69, 9.17) is 21.7 Å². The first-order valence-corrected chi connectivity index (χ1v) is 13.2. The van der Waals surface area contributed by atoms with Gasteiger partial charge in [-0.15, -0.1) is 5.10 Å². The second kappa shape index (κ2) is 10.7. The highest BCUT2D eigenvalue weighted by Crippen LogP contribution is 2.37. The van der Waals surface area contributed by atoms with Gasteiger partial charge >= 0.3 is 0 Å². The Morgan fingerprint density at radius 2 is 1.76 bits per heavy atom. The lowest BCUT2D eigenvalue weighted by atomic mass is 9.94. The van der Waals surface area contributed by atoms with Gasteiger partial charge in [-0.05, 0) is 48.4 Å². The number of allylic oxidation sites excluding steroid dienone is 1. The van der Waals surface area contributed by atoms with E-state index >= 15 is 0 Å². The fraction of sp³-hybridized carbons (Fsp3) is 0.179. The molecule has 188 valence electrons. The molecule has 37 heavy (non-hydrogen) atoms. The van der Waals surface area contributed by atoms with Crippen LogP contribution in [0.4, 0.5) is 17.3 Å². The van der Waals surface area contributed by atoms with Crippen LogP contribution in [0.5, 0.6) is 0 Å². The van der Waals surface area contributed by atoms with Gasteiger partial charge in [-0.1, -0.05) is 71.9 Å². The molecular formula is C28H27ClN6OS. The van der Waals surface area contributed by atoms with Crippen LogP contribution in [0.1, 0.15) is 24.1 Å². The van der Waals surface area contributed by atoms with Crippen molar-refractivity contribution in [2.24, 2.45) is 0 Å². The van der Waals surface area contributed by atoms with Gasteiger partial charge in [-0.25, -0.2) is 4.68 Å². The number of anilines is 3. The third kappa shape index (κ3) is 5.35. The largest absolute Gasteiger partial charge is 0.378 e. The zero-order chi connectivity index (χ0) is 25.9. The van der Waals surface area contributed by atoms with Crippen LogP contribution in [0.25, 0.3) is 0 Å². The lowest BCUT2D eigenvalue weighted by Gasteiger charge is -2.29. The van der Waals surface area contributed by atoms with E-state index in [0.29, 0.717) is 27.5 Å². The van der Waals surface area contributed by atoms with Crippen LogP contribution in [0, 0.1) is 0 Å². The minimum Gasteiger partial charge on any atom is -0.378 e. The lowest BCUT2D eigenvalue weighted by Crippen LogP contribution is -2.31. The molecule has 0 bridgehead atoms. The van der Waals surface area contributed by atoms with Crippen molar-refractivity contribution in [2.75, 3.05) is 29.6 Å². The highest BCUT2D eigenvalue weighted by atomic mass is 35.5. The number of rotatable bonds is 7. The second-order valence-electron chi connectivity index (χ2n) is 8.91. The summed E-state index contributed by atoms with van der Waals surface area (Å²) >= 11 is 7.85. The summed E-state index contributed by atoms with van der Waals surface area (Å²) in [5, 5.41) is 12.5. The Bertz CT molecular complexity index is 1450. The fourth-order valence-corrected chi connectivity index (χ4v) is 5.34. The van der Waals surface area contributed by atoms with E-state index in [1.807, 2.05) is 105 Å². The maximum Gasteiger partial charge on any atom is 0.255 e. The maximum atomic E-state index is 13.6. The van der Waals surface area contributed by atoms with Gasteiger partial charge < -0.3 is 15.5 Å². The Labute approximate surface area is 225 Å². The molecule has 0 radical (unpaired) electrons. The van der Waals surface area contributed by atoms with Crippen molar-refractivity contribution in [3.63, 3.8) is 0 Å². The summed E-state index contributed by atoms with van der Waals surface area (Å²) in [5.74, 6) is 1.04. The van der Waals surface area contributed by atoms with Crippen LogP contribution in [0.15, 0.2) is 95.3 Å². The average Bonchev–Trinajstić information content (AvgIpc) is 3.30. The smallest absolute Gasteiger partial charge is 0.255 e. The average molecular weight is 531 g/mol. The van der Waals surface area contributed by atoms with E-state index in [2.05, 4.69) is 10.6 Å². The van der Waals surface area contributed by atoms with E-state index in [1.54, 1.807) is 4.68 Å². The predicted molar refractivity (Wildman–Crippen MR) is 151 cm³/mol. The first-order chi connectivity index (χ1) is 17.9. The third-order valence-corrected chi connectivity index (χ3v) is 7.40. The molecule has 0 aliphatic carbocycles. The minimum absolute atomic E-state index is 0.190. The lowest BCUT2D eigenvalue weighted by molar-refractivity contribution is -0.113. The van der Waals surface area contributed by atoms with E-state index in [-0.39, 0.29) is 5.91 Å². The second-order valence-corrected chi connectivity index (χ2v) is 10.3. The van der Waals surface area contributed by atoms with Crippen LogP contribution in [-0.4, -0.2) is 34.8 Å². The van der Waals surface area contributed by atoms with Gasteiger partial charge in [0, 0.05) is 41.9 Å². The normalized spacial score (nSPS) is 14.6. The van der Waals surface area contributed by atoms with Crippen molar-refractivity contribution in [3.05, 3.63) is 106 Å². The number of hydrogen-bond acceptors (Lipinski definition) is 6. The Hall–Kier alpha value is -3.75. The quantitative estimate of drug-likeness (QED) is 0.276. The highest BCUT2D eigenvalue weighted by Gasteiger charge is 2.34. The molecule has 0 saturated carbocycles. The Morgan fingerprint density at radius 3 is 2.46 bits per heavy atom. The van der Waals surface area contributed by atoms with E-state index < -0.39 is 6.04 Å². The number of aromatic nitrogens is 3. The zero-order valence-electron chi connectivity index (χ0n) is 20.8. The van der Waals surface area contributed by atoms with Crippen molar-refractivity contribution in [1.82, 2.24) is 14.8 Å². The number of thioether (sulfide) groups is 1. The molecular weight excluding hydrogens is 504 g/mol. The number of amides is 1. The predicted octanol–water partition coefficient (Wildman–Crippen LogP) is 6.22. The standard InChI is InChI=1S/C28H27ClN6OS/c1-18-24(26(36)31-21-10-5-4-6-11-21)25(19-13-15-22(16-14-19)34(2)3)35-27(30-18)32-28(33-35)37-17-20-9-7-8-12-23(20)29/h4-16,25H,17H2,1-3H3,(H,31,36)(H,30,32,33). The molecule has 3 aromatic carbocycles. The Balaban J connectivity index is 1.50. The molecule has 0 fully saturated rings. The Morgan fingerprint density at radius 1 is 1.05 bits per heavy atom. The SMILES string of the molecule is CC1=C(C(=O)Nc2ccccc2)C(c2ccc(N(C)C)cc2)n2nc(SCc3ccccc3Cl)nc2N1. The monoisotopic (exact) mass is 530 g/mol. The topological polar surface area (TPSA) is 75.1 Å². The number of para-hydroxylation sites is 1. The fourth-order valence-electron chi connectivity index (χ4n) is 4.23. The Kier molecular flexibility index (Phi) is 7.21. The first kappa shape index (κ1) is 24.9. The van der Waals surface area contributed by atoms with Crippen LogP contribution >= 0.6 is 23.4 Å². The van der Waals surface area contributed by atoms with Crippen molar-refractivity contribution < 1.29 is 4.79 Å². The van der Waals surface area contributed by atoms with Gasteiger partial charge in [-0.3, -0.25) is 4.79 Å². The molecule has 9 heteroatoms. The van der Waals surface area contributed by atoms with Crippen LogP contribution in [-0.2, 0) is 10.5 Å². The molecule has 1 amide bonds. The summed E-state index contributed by atoms with van der Waals surface area (Å²) in [7, 11) is 4.00. The minimum atomic E-state index is -0.446. The summed E-state index contributed by atoms with van der Waals surface area (Å²) in [4.78, 5) is 20.4. The summed E-state index contributed by atoms with van der Waals surface area (Å²) in [6, 6.07) is 24.9. The molecule has 0 saturated heterocycles. The van der Waals surface area contributed by atoms with Gasteiger partial charge in [0.2, 0.25) is 11.1 Å². The van der Waals surface area contributed by atoms with Crippen molar-refractivity contribution in [2.45, 2.75) is 23.9 Å². The summed E-state index contributed by atoms with van der Waals surface area (Å²) in [5.41, 5.74) is 5.08. The molecule has 1 aliphatic rings. The van der Waals surface area contributed by atoms with Crippen molar-refractivity contribution in [1.29, 1.82) is 0 Å². The third-order valence-electron chi connectivity index (χ3n) is 6.15. The maximum absolute atomic E-state index is 13.6. The van der Waals surface area contributed by atoms with Gasteiger partial charge in [0.15, 0.2) is 0 Å². The summed E-state index contributed by atoms with van der Waals surface area (Å²) in [6.45, 7) is 1.90. The number of carbonyl (C=O) groups excluding carboxylic acids is 1. The van der Waals surface area contributed by atoms with Crippen molar-refractivity contribution in [3.8, 4) is 0 Å². The van der Waals surface area contributed by atoms with E-state index in [9.17, 15) is 4.79 Å². The number of carbonyl (C=O) groups is 1. The molecule has 4 aromatic rings. The molecule has 7 nitrogen and oxygen atoms in total. The van der Waals surface area contributed by atoms with E-state index in [1.165, 1.54) is 11.8 Å². The van der Waals surface area contributed by atoms with Gasteiger partial charge in [0.1, 0.15) is 6.04 Å². The molecule has 0 spiro atoms. The molecule has 1 aromatic heterocycles.